The molecule has 5 nitrogen and oxygen atoms in total. The number of nitrogens with one attached hydrogen (secondary N) is 1. The van der Waals surface area contributed by atoms with Crippen molar-refractivity contribution in [3.05, 3.63) is 104 Å². The van der Waals surface area contributed by atoms with Crippen molar-refractivity contribution in [1.29, 1.82) is 0 Å². The highest BCUT2D eigenvalue weighted by Gasteiger charge is 2.12. The van der Waals surface area contributed by atoms with Gasteiger partial charge in [0.25, 0.3) is 11.5 Å². The molecule has 4 aromatic rings. The molecule has 156 valence electrons. The first kappa shape index (κ1) is 20.8. The Morgan fingerprint density at radius 2 is 1.84 bits per heavy atom. The van der Waals surface area contributed by atoms with Crippen molar-refractivity contribution in [2.45, 2.75) is 27.3 Å². The van der Waals surface area contributed by atoms with E-state index in [9.17, 15) is 9.59 Å². The third kappa shape index (κ3) is 4.37. The summed E-state index contributed by atoms with van der Waals surface area (Å²) < 4.78 is 1.67. The second kappa shape index (κ2) is 8.36. The van der Waals surface area contributed by atoms with Crippen molar-refractivity contribution in [2.24, 2.45) is 0 Å². The highest BCUT2D eigenvalue weighted by atomic mass is 35.5. The van der Waals surface area contributed by atoms with Crippen LogP contribution < -0.4 is 10.9 Å². The first-order valence-electron chi connectivity index (χ1n) is 9.96. The molecule has 0 fully saturated rings. The van der Waals surface area contributed by atoms with Crippen LogP contribution in [0, 0.1) is 20.8 Å². The number of benzene rings is 3. The van der Waals surface area contributed by atoms with E-state index >= 15 is 0 Å². The van der Waals surface area contributed by atoms with E-state index in [1.807, 2.05) is 20.8 Å². The molecule has 1 heterocycles. The zero-order valence-corrected chi connectivity index (χ0v) is 18.3. The number of halogens is 1. The highest BCUT2D eigenvalue weighted by molar-refractivity contribution is 6.31. The molecule has 3 aromatic carbocycles. The highest BCUT2D eigenvalue weighted by Crippen LogP contribution is 2.19. The van der Waals surface area contributed by atoms with E-state index in [1.165, 1.54) is 0 Å². The van der Waals surface area contributed by atoms with Gasteiger partial charge in [0.2, 0.25) is 0 Å². The Morgan fingerprint density at radius 3 is 2.61 bits per heavy atom. The Hall–Kier alpha value is -3.44. The molecule has 31 heavy (non-hydrogen) atoms. The first-order chi connectivity index (χ1) is 14.8. The third-order valence-electron chi connectivity index (χ3n) is 5.32. The number of carbonyl (C=O) groups is 1. The summed E-state index contributed by atoms with van der Waals surface area (Å²) in [6.45, 7) is 6.35. The van der Waals surface area contributed by atoms with Crippen LogP contribution >= 0.6 is 11.6 Å². The molecule has 0 radical (unpaired) electrons. The normalized spacial score (nSPS) is 11.0. The van der Waals surface area contributed by atoms with Gasteiger partial charge >= 0.3 is 0 Å². The molecule has 4 rings (SSSR count). The van der Waals surface area contributed by atoms with E-state index in [2.05, 4.69) is 28.5 Å². The fourth-order valence-electron chi connectivity index (χ4n) is 3.57. The summed E-state index contributed by atoms with van der Waals surface area (Å²) in [5, 5.41) is 3.78. The number of rotatable bonds is 4. The number of aromatic nitrogens is 2. The van der Waals surface area contributed by atoms with Crippen molar-refractivity contribution in [3.63, 3.8) is 0 Å². The SMILES string of the molecule is Cc1ccc(C)c(Cn2c(C)nc3ccc(NC(=O)c4cccc(Cl)c4)cc3c2=O)c1. The van der Waals surface area contributed by atoms with Gasteiger partial charge in [-0.15, -0.1) is 0 Å². The van der Waals surface area contributed by atoms with Crippen molar-refractivity contribution >= 4 is 34.1 Å². The molecule has 0 unspecified atom stereocenters. The monoisotopic (exact) mass is 431 g/mol. The topological polar surface area (TPSA) is 64.0 Å². The summed E-state index contributed by atoms with van der Waals surface area (Å²) in [6, 6.07) is 18.1. The predicted octanol–water partition coefficient (Wildman–Crippen LogP) is 5.28. The summed E-state index contributed by atoms with van der Waals surface area (Å²) in [5.41, 5.74) is 4.78. The van der Waals surface area contributed by atoms with Gasteiger partial charge < -0.3 is 5.32 Å². The maximum Gasteiger partial charge on any atom is 0.261 e. The lowest BCUT2D eigenvalue weighted by Crippen LogP contribution is -2.25. The minimum atomic E-state index is -0.294. The van der Waals surface area contributed by atoms with Gasteiger partial charge in [-0.3, -0.25) is 14.2 Å². The van der Waals surface area contributed by atoms with Gasteiger partial charge in [-0.1, -0.05) is 41.4 Å². The lowest BCUT2D eigenvalue weighted by atomic mass is 10.1. The Bertz CT molecular complexity index is 1380. The number of amides is 1. The van der Waals surface area contributed by atoms with E-state index in [0.717, 1.165) is 16.7 Å². The molecule has 0 aliphatic heterocycles. The van der Waals surface area contributed by atoms with Gasteiger partial charge in [-0.05, 0) is 68.3 Å². The first-order valence-corrected chi connectivity index (χ1v) is 10.3. The maximum absolute atomic E-state index is 13.3. The number of fused-ring (bicyclic) bond motifs is 1. The smallest absolute Gasteiger partial charge is 0.261 e. The molecule has 0 aliphatic carbocycles. The fraction of sp³-hybridized carbons (Fsp3) is 0.160. The Morgan fingerprint density at radius 1 is 1.03 bits per heavy atom. The van der Waals surface area contributed by atoms with Crippen LogP contribution in [0.25, 0.3) is 10.9 Å². The van der Waals surface area contributed by atoms with Gasteiger partial charge in [0.05, 0.1) is 17.4 Å². The molecule has 1 N–H and O–H groups in total. The molecule has 6 heteroatoms. The van der Waals surface area contributed by atoms with E-state index in [-0.39, 0.29) is 11.5 Å². The number of hydrogen-bond donors (Lipinski definition) is 1. The van der Waals surface area contributed by atoms with Crippen LogP contribution in [0.1, 0.15) is 32.9 Å². The zero-order valence-electron chi connectivity index (χ0n) is 17.6. The van der Waals surface area contributed by atoms with Crippen LogP contribution in [0.3, 0.4) is 0 Å². The average Bonchev–Trinajstić information content (AvgIpc) is 2.74. The summed E-state index contributed by atoms with van der Waals surface area (Å²) in [5.74, 6) is 0.353. The molecule has 1 aromatic heterocycles. The lowest BCUT2D eigenvalue weighted by Gasteiger charge is -2.14. The van der Waals surface area contributed by atoms with Crippen molar-refractivity contribution < 1.29 is 4.79 Å². The van der Waals surface area contributed by atoms with Crippen molar-refractivity contribution in [2.75, 3.05) is 5.32 Å². The molecule has 0 bridgehead atoms. The maximum atomic E-state index is 13.3. The summed E-state index contributed by atoms with van der Waals surface area (Å²) in [4.78, 5) is 30.5. The fourth-order valence-corrected chi connectivity index (χ4v) is 3.76. The second-order valence-electron chi connectivity index (χ2n) is 7.68. The van der Waals surface area contributed by atoms with Crippen LogP contribution in [0.2, 0.25) is 5.02 Å². The van der Waals surface area contributed by atoms with Crippen LogP contribution in [0.15, 0.2) is 65.5 Å². The lowest BCUT2D eigenvalue weighted by molar-refractivity contribution is 0.102. The predicted molar refractivity (Wildman–Crippen MR) is 125 cm³/mol. The van der Waals surface area contributed by atoms with Crippen molar-refractivity contribution in [1.82, 2.24) is 9.55 Å². The summed E-state index contributed by atoms with van der Waals surface area (Å²) >= 11 is 5.98. The Labute approximate surface area is 185 Å². The minimum Gasteiger partial charge on any atom is -0.322 e. The van der Waals surface area contributed by atoms with Crippen LogP contribution in [-0.4, -0.2) is 15.5 Å². The molecule has 0 saturated carbocycles. The number of aryl methyl sites for hydroxylation is 3. The van der Waals surface area contributed by atoms with Crippen LogP contribution in [-0.2, 0) is 6.54 Å². The van der Waals surface area contributed by atoms with Gasteiger partial charge in [-0.25, -0.2) is 4.98 Å². The Balaban J connectivity index is 1.71. The minimum absolute atomic E-state index is 0.137. The number of nitrogens with zero attached hydrogens (tertiary/aromatic N) is 2. The summed E-state index contributed by atoms with van der Waals surface area (Å²) in [7, 11) is 0. The quantitative estimate of drug-likeness (QED) is 0.478. The molecule has 0 saturated heterocycles. The molecule has 1 amide bonds. The van der Waals surface area contributed by atoms with Gasteiger partial charge in [-0.2, -0.15) is 0 Å². The van der Waals surface area contributed by atoms with E-state index in [0.29, 0.717) is 39.5 Å². The number of anilines is 1. The van der Waals surface area contributed by atoms with Crippen LogP contribution in [0.5, 0.6) is 0 Å². The molecule has 0 spiro atoms. The standard InChI is InChI=1S/C25H22ClN3O2/c1-15-7-8-16(2)19(11-15)14-29-17(3)27-23-10-9-21(13-22(23)25(29)31)28-24(30)18-5-4-6-20(26)12-18/h4-13H,14H2,1-3H3,(H,28,30). The number of carbonyl (C=O) groups excluding carboxylic acids is 1. The second-order valence-corrected chi connectivity index (χ2v) is 8.11. The third-order valence-corrected chi connectivity index (χ3v) is 5.56. The van der Waals surface area contributed by atoms with E-state index in [4.69, 9.17) is 11.6 Å². The molecule has 0 atom stereocenters. The number of hydrogen-bond acceptors (Lipinski definition) is 3. The molecule has 0 aliphatic rings. The zero-order chi connectivity index (χ0) is 22.1. The average molecular weight is 432 g/mol. The van der Waals surface area contributed by atoms with Gasteiger partial charge in [0.1, 0.15) is 5.82 Å². The van der Waals surface area contributed by atoms with E-state index in [1.54, 1.807) is 47.0 Å². The molecular formula is C25H22ClN3O2. The largest absolute Gasteiger partial charge is 0.322 e. The van der Waals surface area contributed by atoms with Gasteiger partial charge in [0, 0.05) is 16.3 Å². The van der Waals surface area contributed by atoms with E-state index < -0.39 is 0 Å². The summed E-state index contributed by atoms with van der Waals surface area (Å²) in [6.07, 6.45) is 0. The van der Waals surface area contributed by atoms with Crippen LogP contribution in [0.4, 0.5) is 5.69 Å². The van der Waals surface area contributed by atoms with Gasteiger partial charge in [0.15, 0.2) is 0 Å². The van der Waals surface area contributed by atoms with Crippen molar-refractivity contribution in [3.8, 4) is 0 Å². The molecular weight excluding hydrogens is 410 g/mol. The Kier molecular flexibility index (Phi) is 5.61.